The highest BCUT2D eigenvalue weighted by atomic mass is 16.5. The standard InChI is InChI=1S/C20H24N2O5/c1-26-14-4-2-3-13(11-14)12-21-7-9-22(10-8-21)19(23)17-15-5-6-16(27-15)18(17)20(24)25/h2-6,11,15-18H,7-10,12H2,1H3,(H,24,25)/t15-,16-,17-,18+/m1/s1. The number of hydrogen-bond acceptors (Lipinski definition) is 5. The number of nitrogens with zero attached hydrogens (tertiary/aromatic N) is 2. The molecule has 0 saturated carbocycles. The molecule has 4 rings (SSSR count). The number of carbonyl (C=O) groups is 2. The van der Waals surface area contributed by atoms with Crippen LogP contribution in [0.15, 0.2) is 36.4 Å². The summed E-state index contributed by atoms with van der Waals surface area (Å²) in [5.41, 5.74) is 1.17. The quantitative estimate of drug-likeness (QED) is 0.777. The second-order valence-electron chi connectivity index (χ2n) is 7.29. The molecule has 2 fully saturated rings. The van der Waals surface area contributed by atoms with Crippen LogP contribution in [0.4, 0.5) is 0 Å². The van der Waals surface area contributed by atoms with E-state index < -0.39 is 30.0 Å². The number of amides is 1. The summed E-state index contributed by atoms with van der Waals surface area (Å²) in [4.78, 5) is 28.6. The fourth-order valence-corrected chi connectivity index (χ4v) is 4.26. The highest BCUT2D eigenvalue weighted by Gasteiger charge is 2.54. The Morgan fingerprint density at radius 3 is 2.52 bits per heavy atom. The molecule has 7 heteroatoms. The Labute approximate surface area is 158 Å². The second kappa shape index (κ2) is 7.32. The first-order chi connectivity index (χ1) is 13.1. The van der Waals surface area contributed by atoms with Gasteiger partial charge in [0.15, 0.2) is 0 Å². The summed E-state index contributed by atoms with van der Waals surface area (Å²) in [6.45, 7) is 3.53. The molecule has 2 bridgehead atoms. The van der Waals surface area contributed by atoms with Crippen molar-refractivity contribution in [2.45, 2.75) is 18.8 Å². The first kappa shape index (κ1) is 18.0. The van der Waals surface area contributed by atoms with Crippen molar-refractivity contribution < 1.29 is 24.2 Å². The van der Waals surface area contributed by atoms with Crippen LogP contribution < -0.4 is 4.74 Å². The average Bonchev–Trinajstić information content (AvgIpc) is 3.29. The molecule has 0 aromatic heterocycles. The molecule has 7 nitrogen and oxygen atoms in total. The van der Waals surface area contributed by atoms with E-state index in [1.165, 1.54) is 5.56 Å². The van der Waals surface area contributed by atoms with Crippen LogP contribution in [-0.2, 0) is 20.9 Å². The van der Waals surface area contributed by atoms with Crippen LogP contribution in [0.3, 0.4) is 0 Å². The van der Waals surface area contributed by atoms with Gasteiger partial charge in [0.1, 0.15) is 11.7 Å². The Hall–Kier alpha value is -2.38. The number of piperazine rings is 1. The summed E-state index contributed by atoms with van der Waals surface area (Å²) < 4.78 is 10.9. The van der Waals surface area contributed by atoms with Crippen LogP contribution in [0.25, 0.3) is 0 Å². The van der Waals surface area contributed by atoms with E-state index in [2.05, 4.69) is 11.0 Å². The van der Waals surface area contributed by atoms with Crippen LogP contribution >= 0.6 is 0 Å². The number of benzene rings is 1. The van der Waals surface area contributed by atoms with Gasteiger partial charge in [0.25, 0.3) is 0 Å². The molecule has 4 atom stereocenters. The molecule has 0 aliphatic carbocycles. The van der Waals surface area contributed by atoms with Gasteiger partial charge in [0, 0.05) is 32.7 Å². The molecular formula is C20H24N2O5. The zero-order valence-corrected chi connectivity index (χ0v) is 15.3. The van der Waals surface area contributed by atoms with E-state index in [0.717, 1.165) is 25.4 Å². The first-order valence-electron chi connectivity index (χ1n) is 9.27. The van der Waals surface area contributed by atoms with Gasteiger partial charge in [0.05, 0.1) is 25.2 Å². The summed E-state index contributed by atoms with van der Waals surface area (Å²) in [7, 11) is 1.66. The number of carboxylic acid groups (broad SMARTS) is 1. The van der Waals surface area contributed by atoms with Crippen molar-refractivity contribution in [1.82, 2.24) is 9.80 Å². The number of carboxylic acids is 1. The van der Waals surface area contributed by atoms with Gasteiger partial charge in [-0.2, -0.15) is 0 Å². The highest BCUT2D eigenvalue weighted by molar-refractivity contribution is 5.87. The lowest BCUT2D eigenvalue weighted by atomic mass is 9.82. The van der Waals surface area contributed by atoms with Gasteiger partial charge in [-0.25, -0.2) is 0 Å². The van der Waals surface area contributed by atoms with E-state index in [1.807, 2.05) is 24.3 Å². The minimum Gasteiger partial charge on any atom is -0.497 e. The molecule has 144 valence electrons. The van der Waals surface area contributed by atoms with Crippen LogP contribution in [0.1, 0.15) is 5.56 Å². The van der Waals surface area contributed by atoms with E-state index in [0.29, 0.717) is 13.1 Å². The van der Waals surface area contributed by atoms with Gasteiger partial charge < -0.3 is 19.5 Å². The van der Waals surface area contributed by atoms with Crippen LogP contribution in [-0.4, -0.2) is 72.3 Å². The summed E-state index contributed by atoms with van der Waals surface area (Å²) in [6, 6.07) is 7.98. The molecule has 0 unspecified atom stereocenters. The molecule has 2 saturated heterocycles. The van der Waals surface area contributed by atoms with Crippen LogP contribution in [0, 0.1) is 11.8 Å². The number of carbonyl (C=O) groups excluding carboxylic acids is 1. The van der Waals surface area contributed by atoms with Gasteiger partial charge in [-0.15, -0.1) is 0 Å². The summed E-state index contributed by atoms with van der Waals surface area (Å²) in [5.74, 6) is -1.60. The Bertz CT molecular complexity index is 756. The number of ether oxygens (including phenoxy) is 2. The summed E-state index contributed by atoms with van der Waals surface area (Å²) in [5, 5.41) is 9.50. The van der Waals surface area contributed by atoms with Crippen molar-refractivity contribution in [3.05, 3.63) is 42.0 Å². The second-order valence-corrected chi connectivity index (χ2v) is 7.29. The highest BCUT2D eigenvalue weighted by Crippen LogP contribution is 2.40. The fraction of sp³-hybridized carbons (Fsp3) is 0.500. The average molecular weight is 372 g/mol. The molecule has 3 aliphatic rings. The fourth-order valence-electron chi connectivity index (χ4n) is 4.26. The van der Waals surface area contributed by atoms with Gasteiger partial charge in [-0.05, 0) is 17.7 Å². The van der Waals surface area contributed by atoms with Crippen LogP contribution in [0.2, 0.25) is 0 Å². The lowest BCUT2D eigenvalue weighted by Gasteiger charge is -2.37. The molecule has 1 aromatic rings. The third-order valence-corrected chi connectivity index (χ3v) is 5.69. The SMILES string of the molecule is COc1cccc(CN2CCN(C(=O)[C@H]3[C@@H](C(=O)O)[C@H]4C=C[C@H]3O4)CC2)c1. The smallest absolute Gasteiger partial charge is 0.310 e. The Morgan fingerprint density at radius 1 is 1.15 bits per heavy atom. The Balaban J connectivity index is 1.35. The van der Waals surface area contributed by atoms with Crippen molar-refractivity contribution in [1.29, 1.82) is 0 Å². The lowest BCUT2D eigenvalue weighted by molar-refractivity contribution is -0.150. The number of hydrogen-bond donors (Lipinski definition) is 1. The number of methoxy groups -OCH3 is 1. The maximum atomic E-state index is 13.0. The zero-order chi connectivity index (χ0) is 19.0. The minimum atomic E-state index is -0.957. The third kappa shape index (κ3) is 3.44. The minimum absolute atomic E-state index is 0.0970. The lowest BCUT2D eigenvalue weighted by Crippen LogP contribution is -2.52. The zero-order valence-electron chi connectivity index (χ0n) is 15.3. The van der Waals surface area contributed by atoms with Crippen molar-refractivity contribution in [3.8, 4) is 5.75 Å². The first-order valence-corrected chi connectivity index (χ1v) is 9.27. The van der Waals surface area contributed by atoms with E-state index in [4.69, 9.17) is 9.47 Å². The largest absolute Gasteiger partial charge is 0.497 e. The van der Waals surface area contributed by atoms with Crippen LogP contribution in [0.5, 0.6) is 5.75 Å². The van der Waals surface area contributed by atoms with E-state index in [1.54, 1.807) is 18.1 Å². The van der Waals surface area contributed by atoms with Gasteiger partial charge in [-0.1, -0.05) is 24.3 Å². The van der Waals surface area contributed by atoms with Gasteiger partial charge in [0.2, 0.25) is 5.91 Å². The topological polar surface area (TPSA) is 79.3 Å². The van der Waals surface area contributed by atoms with Gasteiger partial charge >= 0.3 is 5.97 Å². The molecule has 0 radical (unpaired) electrons. The molecule has 0 spiro atoms. The van der Waals surface area contributed by atoms with Crippen molar-refractivity contribution in [2.75, 3.05) is 33.3 Å². The maximum absolute atomic E-state index is 13.0. The molecule has 27 heavy (non-hydrogen) atoms. The number of fused-ring (bicyclic) bond motifs is 2. The molecule has 3 aliphatic heterocycles. The summed E-state index contributed by atoms with van der Waals surface area (Å²) in [6.07, 6.45) is 2.71. The van der Waals surface area contributed by atoms with Crippen molar-refractivity contribution >= 4 is 11.9 Å². The molecule has 1 amide bonds. The number of rotatable bonds is 5. The monoisotopic (exact) mass is 372 g/mol. The van der Waals surface area contributed by atoms with Crippen molar-refractivity contribution in [2.24, 2.45) is 11.8 Å². The summed E-state index contributed by atoms with van der Waals surface area (Å²) >= 11 is 0. The van der Waals surface area contributed by atoms with Crippen molar-refractivity contribution in [3.63, 3.8) is 0 Å². The molecular weight excluding hydrogens is 348 g/mol. The van der Waals surface area contributed by atoms with E-state index in [-0.39, 0.29) is 5.91 Å². The Morgan fingerprint density at radius 2 is 1.85 bits per heavy atom. The maximum Gasteiger partial charge on any atom is 0.310 e. The molecule has 1 N–H and O–H groups in total. The Kier molecular flexibility index (Phi) is 4.88. The molecule has 3 heterocycles. The normalized spacial score (nSPS) is 29.9. The molecule has 1 aromatic carbocycles. The third-order valence-electron chi connectivity index (χ3n) is 5.69. The number of aliphatic carboxylic acids is 1. The predicted octanol–water partition coefficient (Wildman–Crippen LogP) is 0.994. The predicted molar refractivity (Wildman–Crippen MR) is 97.3 cm³/mol. The van der Waals surface area contributed by atoms with E-state index in [9.17, 15) is 14.7 Å². The van der Waals surface area contributed by atoms with E-state index >= 15 is 0 Å². The van der Waals surface area contributed by atoms with Gasteiger partial charge in [-0.3, -0.25) is 14.5 Å².